The van der Waals surface area contributed by atoms with Crippen molar-refractivity contribution in [3.05, 3.63) is 35.9 Å². The summed E-state index contributed by atoms with van der Waals surface area (Å²) < 4.78 is 11.8. The molecule has 0 aromatic heterocycles. The van der Waals surface area contributed by atoms with E-state index in [4.69, 9.17) is 9.47 Å². The average Bonchev–Trinajstić information content (AvgIpc) is 2.96. The molecule has 0 amide bonds. The molecular formula is C20H25NO4. The maximum atomic E-state index is 12.0. The zero-order chi connectivity index (χ0) is 17.4. The van der Waals surface area contributed by atoms with E-state index in [1.165, 1.54) is 5.56 Å². The number of aliphatic hydroxyl groups excluding tert-OH is 1. The number of ether oxygens (including phenoxy) is 2. The van der Waals surface area contributed by atoms with Gasteiger partial charge in [-0.15, -0.1) is 6.58 Å². The highest BCUT2D eigenvalue weighted by Crippen LogP contribution is 2.65. The van der Waals surface area contributed by atoms with Gasteiger partial charge in [0.25, 0.3) is 0 Å². The molecule has 0 radical (unpaired) electrons. The van der Waals surface area contributed by atoms with E-state index in [1.54, 1.807) is 7.11 Å². The normalized spacial score (nSPS) is 41.0. The minimum absolute atomic E-state index is 0.0321. The quantitative estimate of drug-likeness (QED) is 0.813. The van der Waals surface area contributed by atoms with Crippen LogP contribution >= 0.6 is 0 Å². The van der Waals surface area contributed by atoms with Gasteiger partial charge < -0.3 is 19.7 Å². The van der Waals surface area contributed by atoms with Gasteiger partial charge in [0, 0.05) is 18.2 Å². The maximum absolute atomic E-state index is 12.0. The highest BCUT2D eigenvalue weighted by Gasteiger charge is 2.72. The summed E-state index contributed by atoms with van der Waals surface area (Å²) in [6.07, 6.45) is 3.69. The minimum atomic E-state index is -0.886. The van der Waals surface area contributed by atoms with Crippen LogP contribution in [0.3, 0.4) is 0 Å². The van der Waals surface area contributed by atoms with Crippen LogP contribution in [0.4, 0.5) is 0 Å². The second-order valence-electron chi connectivity index (χ2n) is 7.92. The first-order chi connectivity index (χ1) is 12.1. The molecule has 1 aromatic rings. The van der Waals surface area contributed by atoms with Gasteiger partial charge in [-0.3, -0.25) is 4.90 Å². The van der Waals surface area contributed by atoms with Gasteiger partial charge in [-0.2, -0.15) is 0 Å². The van der Waals surface area contributed by atoms with Crippen LogP contribution in [0.5, 0.6) is 11.5 Å². The summed E-state index contributed by atoms with van der Waals surface area (Å²) in [6.45, 7) is 5.54. The van der Waals surface area contributed by atoms with Crippen molar-refractivity contribution in [2.45, 2.75) is 54.9 Å². The molecule has 5 nitrogen and oxygen atoms in total. The fourth-order valence-corrected chi connectivity index (χ4v) is 6.14. The molecule has 2 fully saturated rings. The Hall–Kier alpha value is -1.56. The number of hydrogen-bond acceptors (Lipinski definition) is 5. The summed E-state index contributed by atoms with van der Waals surface area (Å²) in [5.41, 5.74) is 0.885. The minimum Gasteiger partial charge on any atom is -0.493 e. The van der Waals surface area contributed by atoms with Crippen LogP contribution in [-0.4, -0.2) is 59.2 Å². The number of aliphatic hydroxyl groups is 2. The zero-order valence-corrected chi connectivity index (χ0v) is 14.6. The molecule has 1 saturated carbocycles. The summed E-state index contributed by atoms with van der Waals surface area (Å²) in [6, 6.07) is 4.09. The van der Waals surface area contributed by atoms with E-state index in [1.807, 2.05) is 12.1 Å². The Morgan fingerprint density at radius 2 is 2.28 bits per heavy atom. The van der Waals surface area contributed by atoms with E-state index < -0.39 is 23.2 Å². The Morgan fingerprint density at radius 1 is 1.44 bits per heavy atom. The van der Waals surface area contributed by atoms with Gasteiger partial charge in [0.15, 0.2) is 11.5 Å². The molecule has 1 saturated heterocycles. The maximum Gasteiger partial charge on any atom is 0.166 e. The molecule has 5 atom stereocenters. The smallest absolute Gasteiger partial charge is 0.166 e. The molecule has 2 heterocycles. The summed E-state index contributed by atoms with van der Waals surface area (Å²) in [4.78, 5) is 2.35. The molecule has 4 aliphatic rings. The molecular weight excluding hydrogens is 318 g/mol. The van der Waals surface area contributed by atoms with Crippen molar-refractivity contribution in [2.24, 2.45) is 0 Å². The molecule has 5 rings (SSSR count). The number of nitrogens with zero attached hydrogens (tertiary/aromatic N) is 1. The fourth-order valence-electron chi connectivity index (χ4n) is 6.14. The van der Waals surface area contributed by atoms with E-state index >= 15 is 0 Å². The van der Waals surface area contributed by atoms with E-state index in [9.17, 15) is 10.2 Å². The van der Waals surface area contributed by atoms with Gasteiger partial charge in [-0.05, 0) is 43.9 Å². The number of methoxy groups -OCH3 is 1. The van der Waals surface area contributed by atoms with Crippen molar-refractivity contribution in [3.8, 4) is 11.5 Å². The zero-order valence-electron chi connectivity index (χ0n) is 14.6. The highest BCUT2D eigenvalue weighted by atomic mass is 16.5. The Morgan fingerprint density at radius 3 is 3.04 bits per heavy atom. The van der Waals surface area contributed by atoms with E-state index in [0.29, 0.717) is 18.6 Å². The van der Waals surface area contributed by atoms with Crippen LogP contribution in [0.15, 0.2) is 24.8 Å². The lowest BCUT2D eigenvalue weighted by Crippen LogP contribution is -2.77. The molecule has 2 aliphatic carbocycles. The summed E-state index contributed by atoms with van der Waals surface area (Å²) in [5.74, 6) is 1.43. The van der Waals surface area contributed by atoms with Crippen LogP contribution in [0, 0.1) is 0 Å². The second kappa shape index (κ2) is 5.00. The predicted molar refractivity (Wildman–Crippen MR) is 93.2 cm³/mol. The van der Waals surface area contributed by atoms with Crippen LogP contribution in [0.2, 0.25) is 0 Å². The van der Waals surface area contributed by atoms with Crippen LogP contribution < -0.4 is 9.47 Å². The van der Waals surface area contributed by atoms with Gasteiger partial charge >= 0.3 is 0 Å². The first-order valence-corrected chi connectivity index (χ1v) is 9.19. The standard InChI is InChI=1S/C20H25NO4/c1-3-9-21-10-8-19-16-12-4-5-14(24-2)17(16)25-18(19)13(22)6-7-20(19,23)15(21)11-12/h3-5,13,15,18,22-23H,1,6-11H2,2H3/t13-,15+,18-,19-,20+/m0/s1. The summed E-state index contributed by atoms with van der Waals surface area (Å²) >= 11 is 0. The Kier molecular flexibility index (Phi) is 3.13. The van der Waals surface area contributed by atoms with Gasteiger partial charge in [0.1, 0.15) is 6.10 Å². The number of likely N-dealkylation sites (tertiary alicyclic amines) is 1. The van der Waals surface area contributed by atoms with Gasteiger partial charge in [0.05, 0.1) is 24.2 Å². The summed E-state index contributed by atoms with van der Waals surface area (Å²) in [7, 11) is 1.64. The fraction of sp³-hybridized carbons (Fsp3) is 0.600. The third-order valence-electron chi connectivity index (χ3n) is 7.11. The molecule has 1 aromatic carbocycles. The van der Waals surface area contributed by atoms with Gasteiger partial charge in [0.2, 0.25) is 0 Å². The van der Waals surface area contributed by atoms with Gasteiger partial charge in [-0.25, -0.2) is 0 Å². The van der Waals surface area contributed by atoms with E-state index in [0.717, 1.165) is 37.2 Å². The van der Waals surface area contributed by atoms with Crippen molar-refractivity contribution in [3.63, 3.8) is 0 Å². The molecule has 134 valence electrons. The molecule has 2 bridgehead atoms. The lowest BCUT2D eigenvalue weighted by molar-refractivity contribution is -0.206. The Balaban J connectivity index is 1.77. The lowest BCUT2D eigenvalue weighted by Gasteiger charge is -2.63. The monoisotopic (exact) mass is 343 g/mol. The van der Waals surface area contributed by atoms with Crippen molar-refractivity contribution < 1.29 is 19.7 Å². The van der Waals surface area contributed by atoms with Crippen LogP contribution in [0.25, 0.3) is 0 Å². The van der Waals surface area contributed by atoms with E-state index in [2.05, 4.69) is 17.5 Å². The molecule has 2 N–H and O–H groups in total. The molecule has 1 spiro atoms. The highest BCUT2D eigenvalue weighted by molar-refractivity contribution is 5.62. The van der Waals surface area contributed by atoms with Crippen molar-refractivity contribution in [2.75, 3.05) is 20.2 Å². The van der Waals surface area contributed by atoms with Gasteiger partial charge in [-0.1, -0.05) is 12.1 Å². The first-order valence-electron chi connectivity index (χ1n) is 9.19. The molecule has 25 heavy (non-hydrogen) atoms. The van der Waals surface area contributed by atoms with Crippen molar-refractivity contribution >= 4 is 0 Å². The molecule has 2 aliphatic heterocycles. The third-order valence-corrected chi connectivity index (χ3v) is 7.11. The number of hydrogen-bond donors (Lipinski definition) is 2. The van der Waals surface area contributed by atoms with Crippen LogP contribution in [0.1, 0.15) is 30.4 Å². The SMILES string of the molecule is C=CCN1CC[C@]23c4c5ccc(OC)c4O[C@H]2[C@@H](O)CC[C@@]3(O)[C@H]1C5. The second-order valence-corrected chi connectivity index (χ2v) is 7.92. The Labute approximate surface area is 147 Å². The predicted octanol–water partition coefficient (Wildman–Crippen LogP) is 1.40. The third kappa shape index (κ3) is 1.65. The van der Waals surface area contributed by atoms with Crippen molar-refractivity contribution in [1.82, 2.24) is 4.90 Å². The van der Waals surface area contributed by atoms with Crippen LogP contribution in [-0.2, 0) is 11.8 Å². The topological polar surface area (TPSA) is 62.2 Å². The number of piperidine rings is 1. The largest absolute Gasteiger partial charge is 0.493 e. The van der Waals surface area contributed by atoms with E-state index in [-0.39, 0.29) is 6.04 Å². The number of benzene rings is 1. The Bertz CT molecular complexity index is 749. The molecule has 0 unspecified atom stereocenters. The first kappa shape index (κ1) is 15.7. The van der Waals surface area contributed by atoms with Crippen molar-refractivity contribution in [1.29, 1.82) is 0 Å². The lowest BCUT2D eigenvalue weighted by atomic mass is 9.48. The molecule has 5 heteroatoms. The average molecular weight is 343 g/mol. The summed E-state index contributed by atoms with van der Waals surface area (Å²) in [5, 5.41) is 22.7. The number of rotatable bonds is 3.